The van der Waals surface area contributed by atoms with E-state index in [1.54, 1.807) is 5.48 Å². The van der Waals surface area contributed by atoms with E-state index < -0.39 is 20.7 Å². The molecule has 10 heteroatoms. The van der Waals surface area contributed by atoms with Crippen LogP contribution in [0, 0.1) is 0 Å². The third-order valence-electron chi connectivity index (χ3n) is 6.51. The Bertz CT molecular complexity index is 820. The molecule has 0 spiro atoms. The molecule has 182 valence electrons. The Balaban J connectivity index is 0.00000363. The number of carbonyl (C=O) groups is 1. The maximum Gasteiger partial charge on any atom is 0.244 e. The van der Waals surface area contributed by atoms with Crippen molar-refractivity contribution in [2.24, 2.45) is 0 Å². The van der Waals surface area contributed by atoms with Crippen molar-refractivity contribution < 1.29 is 23.2 Å². The van der Waals surface area contributed by atoms with Crippen LogP contribution in [0.1, 0.15) is 51.0 Å². The van der Waals surface area contributed by atoms with E-state index in [0.717, 1.165) is 12.1 Å². The molecule has 1 aromatic rings. The number of sulfonamides is 1. The summed E-state index contributed by atoms with van der Waals surface area (Å²) >= 11 is 0. The molecule has 32 heavy (non-hydrogen) atoms. The average Bonchev–Trinajstić information content (AvgIpc) is 2.80. The highest BCUT2D eigenvalue weighted by atomic mass is 35.5. The lowest BCUT2D eigenvalue weighted by atomic mass is 9.95. The van der Waals surface area contributed by atoms with Gasteiger partial charge in [0.25, 0.3) is 0 Å². The first-order chi connectivity index (χ1) is 14.9. The Labute approximate surface area is 197 Å². The molecule has 0 aliphatic carbocycles. The molecule has 1 aromatic carbocycles. The van der Waals surface area contributed by atoms with Crippen LogP contribution in [0.2, 0.25) is 0 Å². The molecule has 2 saturated heterocycles. The van der Waals surface area contributed by atoms with Crippen LogP contribution in [0.15, 0.2) is 24.3 Å². The van der Waals surface area contributed by atoms with Crippen LogP contribution in [-0.4, -0.2) is 68.0 Å². The molecule has 8 nitrogen and oxygen atoms in total. The zero-order valence-electron chi connectivity index (χ0n) is 18.8. The highest BCUT2D eigenvalue weighted by molar-refractivity contribution is 7.90. The molecule has 2 fully saturated rings. The third kappa shape index (κ3) is 6.14. The number of aryl methyl sites for hydroxylation is 1. The van der Waals surface area contributed by atoms with Gasteiger partial charge in [-0.3, -0.25) is 10.0 Å². The molecule has 2 heterocycles. The molecule has 2 aliphatic heterocycles. The summed E-state index contributed by atoms with van der Waals surface area (Å²) in [5.41, 5.74) is 4.03. The van der Waals surface area contributed by atoms with Gasteiger partial charge >= 0.3 is 0 Å². The van der Waals surface area contributed by atoms with Gasteiger partial charge in [0.05, 0.1) is 4.75 Å². The zero-order chi connectivity index (χ0) is 22.3. The number of hydrogen-bond donors (Lipinski definition) is 2. The van der Waals surface area contributed by atoms with Crippen LogP contribution < -0.4 is 10.4 Å². The summed E-state index contributed by atoms with van der Waals surface area (Å²) in [6.07, 6.45) is 5.00. The number of ether oxygens (including phenoxy) is 1. The molecule has 2 aliphatic rings. The number of carbonyl (C=O) groups excluding carboxylic acids is 1. The van der Waals surface area contributed by atoms with Crippen LogP contribution in [0.3, 0.4) is 0 Å². The lowest BCUT2D eigenvalue weighted by Gasteiger charge is -2.43. The first-order valence-electron chi connectivity index (χ1n) is 11.3. The standard InChI is InChI=1S/C22H35N3O5S.ClH/c1-2-3-4-5-19-6-8-20(9-7-19)24-12-14-25(15-13-24)31(28,29)22(18-21(26)23-27)10-16-30-17-11-22;/h6-9,27H,2-5,10-18H2,1H3,(H,23,26);1H. The van der Waals surface area contributed by atoms with Gasteiger partial charge in [0.15, 0.2) is 0 Å². The molecular weight excluding hydrogens is 454 g/mol. The first kappa shape index (κ1) is 26.9. The van der Waals surface area contributed by atoms with Gasteiger partial charge in [-0.2, -0.15) is 4.31 Å². The largest absolute Gasteiger partial charge is 0.381 e. The van der Waals surface area contributed by atoms with Crippen molar-refractivity contribution in [2.45, 2.75) is 56.6 Å². The van der Waals surface area contributed by atoms with Gasteiger partial charge in [-0.15, -0.1) is 12.4 Å². The van der Waals surface area contributed by atoms with E-state index >= 15 is 0 Å². The normalized spacial score (nSPS) is 19.2. The molecule has 0 saturated carbocycles. The van der Waals surface area contributed by atoms with Crippen LogP contribution in [-0.2, 0) is 26.0 Å². The fourth-order valence-electron chi connectivity index (χ4n) is 4.51. The second kappa shape index (κ2) is 12.2. The minimum atomic E-state index is -3.72. The Morgan fingerprint density at radius 1 is 1.09 bits per heavy atom. The van der Waals surface area contributed by atoms with Crippen LogP contribution in [0.4, 0.5) is 5.69 Å². The van der Waals surface area contributed by atoms with E-state index in [1.807, 2.05) is 0 Å². The van der Waals surface area contributed by atoms with Crippen LogP contribution in [0.5, 0.6) is 0 Å². The van der Waals surface area contributed by atoms with Gasteiger partial charge in [-0.25, -0.2) is 13.9 Å². The molecule has 0 atom stereocenters. The Morgan fingerprint density at radius 3 is 2.28 bits per heavy atom. The SMILES string of the molecule is CCCCCc1ccc(N2CCN(S(=O)(=O)C3(CC(=O)NO)CCOCC3)CC2)cc1.Cl. The Morgan fingerprint density at radius 2 is 1.72 bits per heavy atom. The van der Waals surface area contributed by atoms with Gasteiger partial charge < -0.3 is 9.64 Å². The number of piperazine rings is 1. The van der Waals surface area contributed by atoms with E-state index in [9.17, 15) is 13.2 Å². The minimum Gasteiger partial charge on any atom is -0.381 e. The molecule has 0 radical (unpaired) electrons. The van der Waals surface area contributed by atoms with E-state index in [-0.39, 0.29) is 31.7 Å². The molecule has 2 N–H and O–H groups in total. The maximum atomic E-state index is 13.5. The molecule has 0 aromatic heterocycles. The van der Waals surface area contributed by atoms with E-state index in [4.69, 9.17) is 9.94 Å². The minimum absolute atomic E-state index is 0. The predicted molar refractivity (Wildman–Crippen MR) is 127 cm³/mol. The fraction of sp³-hybridized carbons (Fsp3) is 0.682. The number of hydrogen-bond acceptors (Lipinski definition) is 6. The number of unbranched alkanes of at least 4 members (excludes halogenated alkanes) is 2. The number of rotatable bonds is 9. The quantitative estimate of drug-likeness (QED) is 0.314. The number of nitrogens with zero attached hydrogens (tertiary/aromatic N) is 2. The summed E-state index contributed by atoms with van der Waals surface area (Å²) in [7, 11) is -3.72. The second-order valence-corrected chi connectivity index (χ2v) is 10.9. The van der Waals surface area contributed by atoms with Crippen molar-refractivity contribution in [2.75, 3.05) is 44.3 Å². The van der Waals surface area contributed by atoms with Crippen molar-refractivity contribution >= 4 is 34.0 Å². The maximum absolute atomic E-state index is 13.5. The fourth-order valence-corrected chi connectivity index (χ4v) is 6.70. The van der Waals surface area contributed by atoms with Gasteiger partial charge in [-0.1, -0.05) is 31.9 Å². The molecule has 0 unspecified atom stereocenters. The Kier molecular flexibility index (Phi) is 10.2. The highest BCUT2D eigenvalue weighted by Crippen LogP contribution is 2.36. The Hall–Kier alpha value is -1.39. The van der Waals surface area contributed by atoms with Gasteiger partial charge in [-0.05, 0) is 43.4 Å². The highest BCUT2D eigenvalue weighted by Gasteiger charge is 2.50. The second-order valence-electron chi connectivity index (χ2n) is 8.52. The van der Waals surface area contributed by atoms with Crippen molar-refractivity contribution in [3.8, 4) is 0 Å². The van der Waals surface area contributed by atoms with Crippen molar-refractivity contribution in [3.05, 3.63) is 29.8 Å². The predicted octanol–water partition coefficient (Wildman–Crippen LogP) is 2.74. The molecule has 0 bridgehead atoms. The first-order valence-corrected chi connectivity index (χ1v) is 12.7. The third-order valence-corrected chi connectivity index (χ3v) is 9.20. The number of nitrogens with one attached hydrogen (secondary N) is 1. The van der Waals surface area contributed by atoms with Gasteiger partial charge in [0.1, 0.15) is 0 Å². The van der Waals surface area contributed by atoms with Crippen LogP contribution >= 0.6 is 12.4 Å². The van der Waals surface area contributed by atoms with E-state index in [0.29, 0.717) is 39.4 Å². The lowest BCUT2D eigenvalue weighted by Crippen LogP contribution is -2.58. The van der Waals surface area contributed by atoms with Crippen molar-refractivity contribution in [3.63, 3.8) is 0 Å². The number of halogens is 1. The monoisotopic (exact) mass is 489 g/mol. The summed E-state index contributed by atoms with van der Waals surface area (Å²) < 4.78 is 32.7. The van der Waals surface area contributed by atoms with Gasteiger partial charge in [0, 0.05) is 51.5 Å². The van der Waals surface area contributed by atoms with Crippen molar-refractivity contribution in [1.82, 2.24) is 9.79 Å². The number of hydroxylamine groups is 1. The lowest BCUT2D eigenvalue weighted by molar-refractivity contribution is -0.130. The zero-order valence-corrected chi connectivity index (χ0v) is 20.4. The topological polar surface area (TPSA) is 99.2 Å². The van der Waals surface area contributed by atoms with Crippen molar-refractivity contribution in [1.29, 1.82) is 0 Å². The summed E-state index contributed by atoms with van der Waals surface area (Å²) in [4.78, 5) is 14.1. The summed E-state index contributed by atoms with van der Waals surface area (Å²) in [5.74, 6) is -0.678. The van der Waals surface area contributed by atoms with E-state index in [2.05, 4.69) is 36.1 Å². The summed E-state index contributed by atoms with van der Waals surface area (Å²) in [5, 5.41) is 8.95. The summed E-state index contributed by atoms with van der Waals surface area (Å²) in [6.45, 7) is 4.76. The van der Waals surface area contributed by atoms with Crippen LogP contribution in [0.25, 0.3) is 0 Å². The smallest absolute Gasteiger partial charge is 0.244 e. The number of amides is 1. The molecule has 1 amide bonds. The molecule has 3 rings (SSSR count). The van der Waals surface area contributed by atoms with E-state index in [1.165, 1.54) is 29.1 Å². The molecular formula is C22H36ClN3O5S. The summed E-state index contributed by atoms with van der Waals surface area (Å²) in [6, 6.07) is 8.57. The van der Waals surface area contributed by atoms with Gasteiger partial charge in [0.2, 0.25) is 15.9 Å². The number of anilines is 1. The average molecular weight is 490 g/mol. The number of benzene rings is 1.